The number of benzene rings is 1. The van der Waals surface area contributed by atoms with Gasteiger partial charge >= 0.3 is 18.2 Å². The summed E-state index contributed by atoms with van der Waals surface area (Å²) in [7, 11) is 0. The molecule has 2 atom stereocenters. The molecule has 0 aliphatic carbocycles. The van der Waals surface area contributed by atoms with Crippen molar-refractivity contribution in [1.29, 1.82) is 0 Å². The summed E-state index contributed by atoms with van der Waals surface area (Å²) in [5, 5.41) is 8.74. The molecule has 0 radical (unpaired) electrons. The van der Waals surface area contributed by atoms with Crippen LogP contribution >= 0.6 is 0 Å². The Morgan fingerprint density at radius 1 is 1.14 bits per heavy atom. The van der Waals surface area contributed by atoms with Crippen LogP contribution in [0.1, 0.15) is 62.5 Å². The van der Waals surface area contributed by atoms with Gasteiger partial charge in [0, 0.05) is 31.4 Å². The van der Waals surface area contributed by atoms with Crippen LogP contribution in [-0.2, 0) is 16.2 Å². The number of alkyl carbamates (subject to hydrolysis) is 1. The van der Waals surface area contributed by atoms with Gasteiger partial charge in [0.2, 0.25) is 0 Å². The number of urea groups is 1. The largest absolute Gasteiger partial charge is 0.444 e. The van der Waals surface area contributed by atoms with Gasteiger partial charge in [-0.3, -0.25) is 4.84 Å². The summed E-state index contributed by atoms with van der Waals surface area (Å²) in [6, 6.07) is 8.15. The number of fused-ring (bicyclic) bond motifs is 4. The number of aromatic nitrogens is 2. The second-order valence-electron chi connectivity index (χ2n) is 10.3. The predicted molar refractivity (Wildman–Crippen MR) is 129 cm³/mol. The van der Waals surface area contributed by atoms with E-state index >= 15 is 0 Å². The Bertz CT molecular complexity index is 1140. The quantitative estimate of drug-likeness (QED) is 0.679. The highest BCUT2D eigenvalue weighted by molar-refractivity contribution is 5.80. The molecule has 192 valence electrons. The summed E-state index contributed by atoms with van der Waals surface area (Å²) >= 11 is 0. The van der Waals surface area contributed by atoms with Gasteiger partial charge < -0.3 is 19.9 Å². The van der Waals surface area contributed by atoms with Crippen LogP contribution in [0.2, 0.25) is 0 Å². The Kier molecular flexibility index (Phi) is 6.33. The Morgan fingerprint density at radius 3 is 2.56 bits per heavy atom. The smallest absolute Gasteiger partial charge is 0.407 e. The Labute approximate surface area is 209 Å². The van der Waals surface area contributed by atoms with Crippen LogP contribution in [0.3, 0.4) is 0 Å². The van der Waals surface area contributed by atoms with Crippen molar-refractivity contribution >= 4 is 18.2 Å². The number of carbonyl (C=O) groups is 3. The zero-order valence-corrected chi connectivity index (χ0v) is 20.8. The molecule has 1 aromatic heterocycles. The average molecular weight is 497 g/mol. The highest BCUT2D eigenvalue weighted by Crippen LogP contribution is 2.43. The van der Waals surface area contributed by atoms with E-state index in [0.29, 0.717) is 25.3 Å². The summed E-state index contributed by atoms with van der Waals surface area (Å²) in [5.41, 5.74) is 1.61. The summed E-state index contributed by atoms with van der Waals surface area (Å²) in [4.78, 5) is 48.2. The van der Waals surface area contributed by atoms with Crippen molar-refractivity contribution in [1.82, 2.24) is 30.0 Å². The minimum atomic E-state index is -0.651. The van der Waals surface area contributed by atoms with Crippen LogP contribution in [-0.4, -0.2) is 74.6 Å². The molecule has 1 aromatic carbocycles. The fourth-order valence-corrected chi connectivity index (χ4v) is 4.86. The van der Waals surface area contributed by atoms with E-state index in [1.807, 2.05) is 30.3 Å². The van der Waals surface area contributed by atoms with Crippen molar-refractivity contribution < 1.29 is 24.0 Å². The molecule has 2 aromatic rings. The number of amides is 4. The lowest BCUT2D eigenvalue weighted by molar-refractivity contribution is -0.141. The van der Waals surface area contributed by atoms with Crippen molar-refractivity contribution in [3.63, 3.8) is 0 Å². The van der Waals surface area contributed by atoms with Crippen molar-refractivity contribution in [3.05, 3.63) is 53.3 Å². The molecular weight excluding hydrogens is 464 g/mol. The first-order valence-corrected chi connectivity index (χ1v) is 12.3. The van der Waals surface area contributed by atoms with Crippen molar-refractivity contribution in [2.45, 2.75) is 57.9 Å². The standard InChI is InChI=1S/C25H32N6O5/c1-25(2,3)36-22(32)26-13-19-21-18(14-30(27-21)23(33)28-11-7-8-12-28)20-15-29(19)24(34)31(20)35-16-17-9-5-4-6-10-17/h4-6,9-10,14,19-20H,7-8,11-13,15-16H2,1-3H3,(H,26,32)/t19?,20-/m1/s1. The highest BCUT2D eigenvalue weighted by Gasteiger charge is 2.50. The van der Waals surface area contributed by atoms with Gasteiger partial charge in [-0.2, -0.15) is 14.8 Å². The molecule has 2 saturated heterocycles. The molecule has 0 saturated carbocycles. The fourth-order valence-electron chi connectivity index (χ4n) is 4.86. The van der Waals surface area contributed by atoms with Gasteiger partial charge in [0.25, 0.3) is 0 Å². The van der Waals surface area contributed by atoms with E-state index in [2.05, 4.69) is 10.4 Å². The third-order valence-electron chi connectivity index (χ3n) is 6.53. The van der Waals surface area contributed by atoms with Crippen LogP contribution in [0.5, 0.6) is 0 Å². The molecule has 11 nitrogen and oxygen atoms in total. The second kappa shape index (κ2) is 9.45. The van der Waals surface area contributed by atoms with Crippen molar-refractivity contribution in [2.75, 3.05) is 26.2 Å². The maximum absolute atomic E-state index is 13.4. The molecule has 1 unspecified atom stereocenters. The molecule has 1 N–H and O–H groups in total. The SMILES string of the molecule is CC(C)(C)OC(=O)NCC1c2nn(C(=O)N3CCCC3)cc2[C@H]2CN1C(=O)N2OCc1ccccc1. The third kappa shape index (κ3) is 4.75. The first-order chi connectivity index (χ1) is 17.2. The second-order valence-corrected chi connectivity index (χ2v) is 10.3. The maximum Gasteiger partial charge on any atom is 0.407 e. The van der Waals surface area contributed by atoms with Gasteiger partial charge in [-0.15, -0.1) is 0 Å². The first kappa shape index (κ1) is 24.1. The summed E-state index contributed by atoms with van der Waals surface area (Å²) in [6.45, 7) is 7.45. The topological polar surface area (TPSA) is 109 Å². The lowest BCUT2D eigenvalue weighted by Gasteiger charge is -2.30. The van der Waals surface area contributed by atoms with Crippen LogP contribution in [0.4, 0.5) is 14.4 Å². The Hall–Kier alpha value is -3.60. The van der Waals surface area contributed by atoms with Crippen LogP contribution in [0.25, 0.3) is 0 Å². The van der Waals surface area contributed by atoms with Gasteiger partial charge in [0.1, 0.15) is 18.2 Å². The molecule has 2 bridgehead atoms. The van der Waals surface area contributed by atoms with E-state index in [1.165, 1.54) is 9.75 Å². The monoisotopic (exact) mass is 496 g/mol. The van der Waals surface area contributed by atoms with Crippen molar-refractivity contribution in [2.24, 2.45) is 0 Å². The predicted octanol–water partition coefficient (Wildman–Crippen LogP) is 3.44. The van der Waals surface area contributed by atoms with Gasteiger partial charge in [0.05, 0.1) is 18.3 Å². The fraction of sp³-hybridized carbons (Fsp3) is 0.520. The van der Waals surface area contributed by atoms with Gasteiger partial charge in [-0.1, -0.05) is 30.3 Å². The van der Waals surface area contributed by atoms with E-state index in [0.717, 1.165) is 24.0 Å². The zero-order chi connectivity index (χ0) is 25.4. The van der Waals surface area contributed by atoms with Crippen LogP contribution < -0.4 is 5.32 Å². The minimum absolute atomic E-state index is 0.0990. The number of nitrogens with one attached hydrogen (secondary N) is 1. The van der Waals surface area contributed by atoms with Gasteiger partial charge in [-0.05, 0) is 39.2 Å². The van der Waals surface area contributed by atoms with E-state index in [1.54, 1.807) is 36.8 Å². The third-order valence-corrected chi connectivity index (χ3v) is 6.53. The van der Waals surface area contributed by atoms with E-state index in [-0.39, 0.29) is 25.2 Å². The number of rotatable bonds is 5. The van der Waals surface area contributed by atoms with E-state index in [4.69, 9.17) is 9.57 Å². The summed E-state index contributed by atoms with van der Waals surface area (Å²) in [6.07, 6.45) is 3.07. The number of likely N-dealkylation sites (tertiary alicyclic amines) is 1. The molecule has 0 spiro atoms. The lowest BCUT2D eigenvalue weighted by atomic mass is 9.98. The molecule has 3 aliphatic heterocycles. The number of ether oxygens (including phenoxy) is 1. The number of carbonyl (C=O) groups excluding carboxylic acids is 3. The molecule has 2 fully saturated rings. The summed E-state index contributed by atoms with van der Waals surface area (Å²) < 4.78 is 6.73. The summed E-state index contributed by atoms with van der Waals surface area (Å²) in [5.74, 6) is 0. The Morgan fingerprint density at radius 2 is 1.86 bits per heavy atom. The maximum atomic E-state index is 13.4. The molecule has 36 heavy (non-hydrogen) atoms. The molecule has 4 heterocycles. The zero-order valence-electron chi connectivity index (χ0n) is 20.8. The molecule has 3 aliphatic rings. The highest BCUT2D eigenvalue weighted by atomic mass is 16.7. The molecule has 11 heteroatoms. The minimum Gasteiger partial charge on any atom is -0.444 e. The number of hydroxylamine groups is 2. The number of nitrogens with zero attached hydrogens (tertiary/aromatic N) is 5. The average Bonchev–Trinajstić information content (AvgIpc) is 3.57. The van der Waals surface area contributed by atoms with E-state index < -0.39 is 23.8 Å². The number of hydrogen-bond acceptors (Lipinski definition) is 6. The first-order valence-electron chi connectivity index (χ1n) is 12.3. The van der Waals surface area contributed by atoms with Crippen LogP contribution in [0, 0.1) is 0 Å². The normalized spacial score (nSPS) is 21.1. The van der Waals surface area contributed by atoms with E-state index in [9.17, 15) is 14.4 Å². The molecule has 5 rings (SSSR count). The Balaban J connectivity index is 1.40. The molecular formula is C25H32N6O5. The lowest BCUT2D eigenvalue weighted by Crippen LogP contribution is -2.42. The number of hydrogen-bond donors (Lipinski definition) is 1. The van der Waals surface area contributed by atoms with Crippen molar-refractivity contribution in [3.8, 4) is 0 Å². The van der Waals surface area contributed by atoms with Gasteiger partial charge in [-0.25, -0.2) is 14.4 Å². The van der Waals surface area contributed by atoms with Crippen LogP contribution in [0.15, 0.2) is 36.5 Å². The van der Waals surface area contributed by atoms with Gasteiger partial charge in [0.15, 0.2) is 0 Å². The molecule has 4 amide bonds.